The highest BCUT2D eigenvalue weighted by Crippen LogP contribution is 2.36. The van der Waals surface area contributed by atoms with Gasteiger partial charge in [-0.3, -0.25) is 14.5 Å². The summed E-state index contributed by atoms with van der Waals surface area (Å²) in [6, 6.07) is 11.1. The molecule has 0 spiro atoms. The van der Waals surface area contributed by atoms with E-state index < -0.39 is 0 Å². The summed E-state index contributed by atoms with van der Waals surface area (Å²) in [5.41, 5.74) is 3.18. The predicted octanol–water partition coefficient (Wildman–Crippen LogP) is 3.02. The third kappa shape index (κ3) is 3.26. The van der Waals surface area contributed by atoms with Crippen molar-refractivity contribution < 1.29 is 19.1 Å². The number of benzene rings is 2. The molecular weight excluding hydrogens is 344 g/mol. The smallest absolute Gasteiger partial charge is 0.251 e. The summed E-state index contributed by atoms with van der Waals surface area (Å²) in [5, 5.41) is 2.78. The fourth-order valence-electron chi connectivity index (χ4n) is 3.44. The monoisotopic (exact) mass is 364 g/mol. The average molecular weight is 364 g/mol. The molecule has 2 aromatic rings. The van der Waals surface area contributed by atoms with E-state index in [9.17, 15) is 9.59 Å². The van der Waals surface area contributed by atoms with Crippen LogP contribution in [0.5, 0.6) is 11.5 Å². The van der Waals surface area contributed by atoms with E-state index in [-0.39, 0.29) is 24.5 Å². The standard InChI is InChI=1S/C21H20N2O4/c1-13-9-15-11-18(26-2)14(10-19(15)27-13)7-8-21(25)23-12-20(24)22-16-5-3-4-6-17(16)23/h3-8,10-11,13H,9,12H2,1-2H3,(H,22,24)/b8-7+. The summed E-state index contributed by atoms with van der Waals surface area (Å²) in [4.78, 5) is 26.1. The Morgan fingerprint density at radius 2 is 2.15 bits per heavy atom. The molecule has 0 aromatic heterocycles. The van der Waals surface area contributed by atoms with Gasteiger partial charge in [0.1, 0.15) is 24.1 Å². The average Bonchev–Trinajstić information content (AvgIpc) is 3.03. The number of carbonyl (C=O) groups excluding carboxylic acids is 2. The van der Waals surface area contributed by atoms with Gasteiger partial charge in [-0.25, -0.2) is 0 Å². The largest absolute Gasteiger partial charge is 0.496 e. The third-order valence-electron chi connectivity index (χ3n) is 4.69. The SMILES string of the molecule is COc1cc2c(cc1/C=C/C(=O)N1CC(=O)Nc3ccccc31)OC(C)C2. The molecule has 0 aliphatic carbocycles. The molecule has 2 heterocycles. The number of carbonyl (C=O) groups is 2. The maximum atomic E-state index is 12.8. The van der Waals surface area contributed by atoms with E-state index in [0.29, 0.717) is 17.1 Å². The van der Waals surface area contributed by atoms with Crippen molar-refractivity contribution in [3.63, 3.8) is 0 Å². The molecule has 138 valence electrons. The Hall–Kier alpha value is -3.28. The van der Waals surface area contributed by atoms with Crippen LogP contribution >= 0.6 is 0 Å². The molecule has 0 fully saturated rings. The van der Waals surface area contributed by atoms with E-state index in [1.807, 2.05) is 37.3 Å². The second-order valence-electron chi connectivity index (χ2n) is 6.66. The molecule has 0 saturated heterocycles. The highest BCUT2D eigenvalue weighted by Gasteiger charge is 2.25. The van der Waals surface area contributed by atoms with Gasteiger partial charge in [-0.2, -0.15) is 0 Å². The lowest BCUT2D eigenvalue weighted by Crippen LogP contribution is -2.41. The molecule has 4 rings (SSSR count). The zero-order chi connectivity index (χ0) is 19.0. The minimum atomic E-state index is -0.269. The number of methoxy groups -OCH3 is 1. The Kier molecular flexibility index (Phi) is 4.32. The number of amides is 2. The Morgan fingerprint density at radius 1 is 1.33 bits per heavy atom. The lowest BCUT2D eigenvalue weighted by atomic mass is 10.1. The molecule has 27 heavy (non-hydrogen) atoms. The van der Waals surface area contributed by atoms with Crippen LogP contribution < -0.4 is 19.7 Å². The zero-order valence-corrected chi connectivity index (χ0v) is 15.2. The molecular formula is C21H20N2O4. The van der Waals surface area contributed by atoms with Crippen molar-refractivity contribution in [1.82, 2.24) is 0 Å². The first-order valence-electron chi connectivity index (χ1n) is 8.81. The van der Waals surface area contributed by atoms with Gasteiger partial charge in [0.05, 0.1) is 18.5 Å². The molecule has 0 saturated carbocycles. The first-order valence-corrected chi connectivity index (χ1v) is 8.81. The minimum Gasteiger partial charge on any atom is -0.496 e. The Balaban J connectivity index is 1.61. The van der Waals surface area contributed by atoms with Crippen LogP contribution in [0.2, 0.25) is 0 Å². The lowest BCUT2D eigenvalue weighted by molar-refractivity contribution is -0.119. The predicted molar refractivity (Wildman–Crippen MR) is 103 cm³/mol. The van der Waals surface area contributed by atoms with Gasteiger partial charge in [0.2, 0.25) is 5.91 Å². The maximum absolute atomic E-state index is 12.8. The van der Waals surface area contributed by atoms with E-state index in [1.54, 1.807) is 19.3 Å². The maximum Gasteiger partial charge on any atom is 0.251 e. The van der Waals surface area contributed by atoms with Crippen molar-refractivity contribution in [3.8, 4) is 11.5 Å². The fraction of sp³-hybridized carbons (Fsp3) is 0.238. The first-order chi connectivity index (χ1) is 13.0. The van der Waals surface area contributed by atoms with Crippen molar-refractivity contribution in [2.75, 3.05) is 23.9 Å². The number of para-hydroxylation sites is 2. The van der Waals surface area contributed by atoms with Crippen LogP contribution in [0.4, 0.5) is 11.4 Å². The molecule has 2 aliphatic rings. The topological polar surface area (TPSA) is 67.9 Å². The van der Waals surface area contributed by atoms with Gasteiger partial charge in [0.15, 0.2) is 0 Å². The number of hydrogen-bond acceptors (Lipinski definition) is 4. The number of rotatable bonds is 3. The summed E-state index contributed by atoms with van der Waals surface area (Å²) in [7, 11) is 1.60. The molecule has 2 amide bonds. The second kappa shape index (κ2) is 6.79. The van der Waals surface area contributed by atoms with Crippen LogP contribution in [0.3, 0.4) is 0 Å². The first kappa shape index (κ1) is 17.1. The molecule has 0 radical (unpaired) electrons. The van der Waals surface area contributed by atoms with Crippen molar-refractivity contribution in [3.05, 3.63) is 53.6 Å². The zero-order valence-electron chi connectivity index (χ0n) is 15.2. The van der Waals surface area contributed by atoms with Crippen molar-refractivity contribution in [1.29, 1.82) is 0 Å². The lowest BCUT2D eigenvalue weighted by Gasteiger charge is -2.28. The van der Waals surface area contributed by atoms with Gasteiger partial charge < -0.3 is 14.8 Å². The van der Waals surface area contributed by atoms with Gasteiger partial charge in [-0.1, -0.05) is 12.1 Å². The Labute approximate surface area is 157 Å². The molecule has 2 aliphatic heterocycles. The van der Waals surface area contributed by atoms with Crippen LogP contribution in [0.25, 0.3) is 6.08 Å². The number of fused-ring (bicyclic) bond motifs is 2. The van der Waals surface area contributed by atoms with Crippen molar-refractivity contribution in [2.24, 2.45) is 0 Å². The minimum absolute atomic E-state index is 0.0118. The van der Waals surface area contributed by atoms with Crippen LogP contribution in [-0.4, -0.2) is 31.6 Å². The molecule has 1 atom stereocenters. The summed E-state index contributed by atoms with van der Waals surface area (Å²) in [6.07, 6.45) is 4.13. The number of anilines is 2. The summed E-state index contributed by atoms with van der Waals surface area (Å²) in [6.45, 7) is 2.01. The number of hydrogen-bond donors (Lipinski definition) is 1. The van der Waals surface area contributed by atoms with E-state index in [1.165, 1.54) is 11.0 Å². The Morgan fingerprint density at radius 3 is 2.96 bits per heavy atom. The van der Waals surface area contributed by atoms with Gasteiger partial charge in [-0.05, 0) is 37.3 Å². The van der Waals surface area contributed by atoms with Crippen molar-refractivity contribution >= 4 is 29.3 Å². The van der Waals surface area contributed by atoms with Crippen LogP contribution in [-0.2, 0) is 16.0 Å². The summed E-state index contributed by atoms with van der Waals surface area (Å²) in [5.74, 6) is 1.02. The molecule has 6 nitrogen and oxygen atoms in total. The molecule has 1 N–H and O–H groups in total. The van der Waals surface area contributed by atoms with E-state index in [4.69, 9.17) is 9.47 Å². The molecule has 2 aromatic carbocycles. The van der Waals surface area contributed by atoms with Crippen LogP contribution in [0.15, 0.2) is 42.5 Å². The van der Waals surface area contributed by atoms with Gasteiger partial charge >= 0.3 is 0 Å². The molecule has 6 heteroatoms. The van der Waals surface area contributed by atoms with Crippen LogP contribution in [0, 0.1) is 0 Å². The fourth-order valence-corrected chi connectivity index (χ4v) is 3.44. The normalized spacial score (nSPS) is 17.9. The van der Waals surface area contributed by atoms with Gasteiger partial charge in [-0.15, -0.1) is 0 Å². The second-order valence-corrected chi connectivity index (χ2v) is 6.66. The van der Waals surface area contributed by atoms with E-state index >= 15 is 0 Å². The summed E-state index contributed by atoms with van der Waals surface area (Å²) < 4.78 is 11.3. The molecule has 0 bridgehead atoms. The highest BCUT2D eigenvalue weighted by atomic mass is 16.5. The summed E-state index contributed by atoms with van der Waals surface area (Å²) >= 11 is 0. The third-order valence-corrected chi connectivity index (χ3v) is 4.69. The number of nitrogens with zero attached hydrogens (tertiary/aromatic N) is 1. The van der Waals surface area contributed by atoms with Gasteiger partial charge in [0, 0.05) is 23.6 Å². The number of ether oxygens (including phenoxy) is 2. The van der Waals surface area contributed by atoms with Crippen LogP contribution in [0.1, 0.15) is 18.1 Å². The van der Waals surface area contributed by atoms with Gasteiger partial charge in [0.25, 0.3) is 5.91 Å². The van der Waals surface area contributed by atoms with E-state index in [0.717, 1.165) is 23.3 Å². The Bertz CT molecular complexity index is 951. The highest BCUT2D eigenvalue weighted by molar-refractivity contribution is 6.13. The molecule has 1 unspecified atom stereocenters. The number of nitrogens with one attached hydrogen (secondary N) is 1. The van der Waals surface area contributed by atoms with E-state index in [2.05, 4.69) is 5.32 Å². The quantitative estimate of drug-likeness (QED) is 0.850. The van der Waals surface area contributed by atoms with Crippen molar-refractivity contribution in [2.45, 2.75) is 19.4 Å².